The predicted molar refractivity (Wildman–Crippen MR) is 271 cm³/mol. The molecule has 9 rings (SSSR count). The molecule has 2 atom stereocenters. The van der Waals surface area contributed by atoms with Crippen molar-refractivity contribution in [2.75, 3.05) is 60.9 Å². The van der Waals surface area contributed by atoms with Gasteiger partial charge in [0.05, 0.1) is 66.5 Å². The van der Waals surface area contributed by atoms with Crippen molar-refractivity contribution in [1.29, 1.82) is 0 Å². The SMILES string of the molecule is COc1cc2c(cc1OCCCOc1cc3c(cc1C)C(=O)N1c4ccc(N(C)CCCSC(=NCC(=O)CCC(C)=O)c5ccccc5)cc4C[C@H]1C=N3)N=C[C@@H]1Cc3ccccc3N1C2=O. The molecule has 0 unspecified atom stereocenters. The van der Waals surface area contributed by atoms with E-state index in [0.29, 0.717) is 65.8 Å². The lowest BCUT2D eigenvalue weighted by Crippen LogP contribution is -2.37. The number of benzene rings is 5. The summed E-state index contributed by atoms with van der Waals surface area (Å²) in [4.78, 5) is 71.8. The molecule has 4 heterocycles. The van der Waals surface area contributed by atoms with Crippen molar-refractivity contribution in [3.8, 4) is 17.2 Å². The third-order valence-electron chi connectivity index (χ3n) is 12.6. The van der Waals surface area contributed by atoms with E-state index in [0.717, 1.165) is 69.5 Å². The molecule has 0 fully saturated rings. The Morgan fingerprint density at radius 1 is 0.750 bits per heavy atom. The summed E-state index contributed by atoms with van der Waals surface area (Å²) in [6, 6.07) is 31.0. The van der Waals surface area contributed by atoms with Gasteiger partial charge >= 0.3 is 0 Å². The van der Waals surface area contributed by atoms with Gasteiger partial charge in [-0.1, -0.05) is 48.5 Å². The van der Waals surface area contributed by atoms with E-state index in [1.807, 2.05) is 95.9 Å². The lowest BCUT2D eigenvalue weighted by Gasteiger charge is -2.23. The Hall–Kier alpha value is -7.06. The first-order chi connectivity index (χ1) is 33.1. The van der Waals surface area contributed by atoms with Crippen LogP contribution in [0.3, 0.4) is 0 Å². The summed E-state index contributed by atoms with van der Waals surface area (Å²) in [5, 5.41) is 0.826. The molecule has 0 aliphatic carbocycles. The minimum Gasteiger partial charge on any atom is -0.493 e. The van der Waals surface area contributed by atoms with E-state index >= 15 is 0 Å². The van der Waals surface area contributed by atoms with Gasteiger partial charge in [0.25, 0.3) is 11.8 Å². The third kappa shape index (κ3) is 9.82. The number of hydrogen-bond acceptors (Lipinski definition) is 12. The first-order valence-corrected chi connectivity index (χ1v) is 24.1. The Morgan fingerprint density at radius 2 is 1.40 bits per heavy atom. The molecule has 0 radical (unpaired) electrons. The maximum Gasteiger partial charge on any atom is 0.261 e. The first kappa shape index (κ1) is 46.1. The number of anilines is 3. The Bertz CT molecular complexity index is 2860. The highest BCUT2D eigenvalue weighted by Gasteiger charge is 2.38. The van der Waals surface area contributed by atoms with Crippen molar-refractivity contribution in [1.82, 2.24) is 0 Å². The molecule has 14 heteroatoms. The quantitative estimate of drug-likeness (QED) is 0.0477. The maximum atomic E-state index is 14.2. The van der Waals surface area contributed by atoms with E-state index in [-0.39, 0.29) is 54.9 Å². The van der Waals surface area contributed by atoms with Gasteiger partial charge in [-0.25, -0.2) is 0 Å². The van der Waals surface area contributed by atoms with Gasteiger partial charge in [0.1, 0.15) is 11.5 Å². The fourth-order valence-corrected chi connectivity index (χ4v) is 9.98. The topological polar surface area (TPSA) is 143 Å². The summed E-state index contributed by atoms with van der Waals surface area (Å²) in [5.41, 5.74) is 9.01. The number of Topliss-reactive ketones (excluding diaryl/α,β-unsaturated/α-hetero) is 2. The van der Waals surface area contributed by atoms with Crippen molar-refractivity contribution in [2.45, 2.75) is 64.5 Å². The Morgan fingerprint density at radius 3 is 2.12 bits per heavy atom. The number of amides is 2. The highest BCUT2D eigenvalue weighted by Crippen LogP contribution is 2.42. The van der Waals surface area contributed by atoms with Gasteiger partial charge in [0.2, 0.25) is 0 Å². The number of thioether (sulfide) groups is 1. The number of hydrogen-bond donors (Lipinski definition) is 0. The summed E-state index contributed by atoms with van der Waals surface area (Å²) >= 11 is 1.64. The van der Waals surface area contributed by atoms with E-state index in [9.17, 15) is 19.2 Å². The van der Waals surface area contributed by atoms with Crippen LogP contribution in [0.2, 0.25) is 0 Å². The average molecular weight is 931 g/mol. The van der Waals surface area contributed by atoms with Crippen LogP contribution in [0, 0.1) is 6.92 Å². The monoisotopic (exact) mass is 930 g/mol. The summed E-state index contributed by atoms with van der Waals surface area (Å²) in [6.07, 6.45) is 7.00. The number of nitrogens with zero attached hydrogens (tertiary/aromatic N) is 6. The number of fused-ring (bicyclic) bond motifs is 8. The number of rotatable bonds is 18. The van der Waals surface area contributed by atoms with Crippen LogP contribution in [0.1, 0.15) is 75.6 Å². The molecule has 2 amide bonds. The van der Waals surface area contributed by atoms with Gasteiger partial charge in [-0.3, -0.25) is 39.2 Å². The van der Waals surface area contributed by atoms with Crippen LogP contribution in [0.5, 0.6) is 17.2 Å². The smallest absolute Gasteiger partial charge is 0.261 e. The van der Waals surface area contributed by atoms with Crippen molar-refractivity contribution in [3.63, 3.8) is 0 Å². The Balaban J connectivity index is 0.780. The van der Waals surface area contributed by atoms with E-state index in [4.69, 9.17) is 24.2 Å². The molecule has 0 aromatic heterocycles. The second-order valence-corrected chi connectivity index (χ2v) is 18.5. The van der Waals surface area contributed by atoms with Gasteiger partial charge in [-0.2, -0.15) is 0 Å². The summed E-state index contributed by atoms with van der Waals surface area (Å²) in [5.74, 6) is 2.18. The Kier molecular flexibility index (Phi) is 13.8. The van der Waals surface area contributed by atoms with Crippen LogP contribution in [0.25, 0.3) is 0 Å². The van der Waals surface area contributed by atoms with E-state index in [1.165, 1.54) is 6.92 Å². The standard InChI is InChI=1S/C54H54N6O7S/c1-34-24-43-45(29-49(34)66-21-11-22-67-51-30-46-44(28-50(51)65-4)54(64)59-40(31-56-46)25-37-14-8-9-15-47(37)59)55-32-41-27-38-26-39(17-19-48(38)60(41)53(43)63)58(3)20-10-23-68-52(36-12-6-5-7-13-36)57-33-42(62)18-16-35(2)61/h5-9,12-15,17,19,24,26,28-32,40-41H,10-11,16,18,20-23,25,27,33H2,1-4H3/t40-,41-/m0/s1. The third-order valence-corrected chi connectivity index (χ3v) is 13.8. The van der Waals surface area contributed by atoms with Crippen LogP contribution in [-0.2, 0) is 22.4 Å². The second kappa shape index (κ2) is 20.4. The highest BCUT2D eigenvalue weighted by molar-refractivity contribution is 8.14. The van der Waals surface area contributed by atoms with E-state index in [1.54, 1.807) is 31.0 Å². The van der Waals surface area contributed by atoms with E-state index < -0.39 is 0 Å². The number of ketones is 2. The summed E-state index contributed by atoms with van der Waals surface area (Å²) in [6.45, 7) is 5.01. The number of ether oxygens (including phenoxy) is 3. The number of methoxy groups -OCH3 is 1. The number of carbonyl (C=O) groups is 4. The van der Waals surface area contributed by atoms with Crippen LogP contribution in [-0.4, -0.2) is 99.2 Å². The van der Waals surface area contributed by atoms with Gasteiger partial charge < -0.3 is 23.9 Å². The molecule has 68 heavy (non-hydrogen) atoms. The van der Waals surface area contributed by atoms with Gasteiger partial charge in [-0.15, -0.1) is 11.8 Å². The lowest BCUT2D eigenvalue weighted by molar-refractivity contribution is -0.122. The number of aryl methyl sites for hydroxylation is 1. The molecule has 4 aliphatic heterocycles. The predicted octanol–water partition coefficient (Wildman–Crippen LogP) is 9.37. The zero-order chi connectivity index (χ0) is 47.3. The van der Waals surface area contributed by atoms with Gasteiger partial charge in [0.15, 0.2) is 17.3 Å². The van der Waals surface area contributed by atoms with Crippen molar-refractivity contribution >= 4 is 81.1 Å². The summed E-state index contributed by atoms with van der Waals surface area (Å²) in [7, 11) is 3.63. The van der Waals surface area contributed by atoms with Gasteiger partial charge in [-0.05, 0) is 73.4 Å². The molecule has 13 nitrogen and oxygen atoms in total. The van der Waals surface area contributed by atoms with E-state index in [2.05, 4.69) is 35.1 Å². The molecule has 0 spiro atoms. The van der Waals surface area contributed by atoms with Crippen LogP contribution in [0.15, 0.2) is 112 Å². The molecule has 348 valence electrons. The fourth-order valence-electron chi connectivity index (χ4n) is 9.06. The molecule has 0 bridgehead atoms. The van der Waals surface area contributed by atoms with Crippen LogP contribution >= 0.6 is 11.8 Å². The molecule has 0 saturated heterocycles. The lowest BCUT2D eigenvalue weighted by atomic mass is 10.1. The molecular formula is C54H54N6O7S. The molecule has 5 aromatic carbocycles. The number of aliphatic imine (C=N–C) groups is 3. The van der Waals surface area contributed by atoms with Crippen LogP contribution in [0.4, 0.5) is 28.4 Å². The summed E-state index contributed by atoms with van der Waals surface area (Å²) < 4.78 is 18.1. The molecule has 0 saturated carbocycles. The number of para-hydroxylation sites is 1. The average Bonchev–Trinajstić information content (AvgIpc) is 3.84. The maximum absolute atomic E-state index is 14.2. The Labute approximate surface area is 400 Å². The fraction of sp³-hybridized carbons (Fsp3) is 0.315. The zero-order valence-electron chi connectivity index (χ0n) is 38.8. The first-order valence-electron chi connectivity index (χ1n) is 23.1. The van der Waals surface area contributed by atoms with Gasteiger partial charge in [0, 0.05) is 98.6 Å². The zero-order valence-corrected chi connectivity index (χ0v) is 39.6. The minimum absolute atomic E-state index is 0.00521. The normalized spacial score (nSPS) is 16.5. The highest BCUT2D eigenvalue weighted by atomic mass is 32.2. The molecule has 0 N–H and O–H groups in total. The van der Waals surface area contributed by atoms with Crippen LogP contribution < -0.4 is 28.9 Å². The molecular weight excluding hydrogens is 877 g/mol. The van der Waals surface area contributed by atoms with Crippen molar-refractivity contribution in [2.24, 2.45) is 15.0 Å². The number of carbonyl (C=O) groups excluding carboxylic acids is 4. The second-order valence-electron chi connectivity index (χ2n) is 17.4. The largest absolute Gasteiger partial charge is 0.493 e. The van der Waals surface area contributed by atoms with Crippen molar-refractivity contribution < 1.29 is 33.4 Å². The van der Waals surface area contributed by atoms with Crippen molar-refractivity contribution in [3.05, 3.63) is 130 Å². The molecule has 4 aliphatic rings. The molecule has 5 aromatic rings. The minimum atomic E-state index is -0.212.